The summed E-state index contributed by atoms with van der Waals surface area (Å²) in [4.78, 5) is 12.8. The maximum atomic E-state index is 12.1. The van der Waals surface area contributed by atoms with Crippen LogP contribution in [-0.4, -0.2) is 30.8 Å². The molecule has 0 atom stereocenters. The molecule has 0 aliphatic heterocycles. The fourth-order valence-corrected chi connectivity index (χ4v) is 2.06. The Kier molecular flexibility index (Phi) is 5.10. The first-order valence-electron chi connectivity index (χ1n) is 4.40. The number of halogens is 4. The van der Waals surface area contributed by atoms with Crippen LogP contribution in [0.2, 0.25) is 0 Å². The lowest BCUT2D eigenvalue weighted by Crippen LogP contribution is -2.31. The van der Waals surface area contributed by atoms with Crippen molar-refractivity contribution in [1.29, 1.82) is 0 Å². The molecule has 88 valence electrons. The van der Waals surface area contributed by atoms with Crippen molar-refractivity contribution in [2.24, 2.45) is 0 Å². The molecule has 0 aromatic heterocycles. The van der Waals surface area contributed by atoms with E-state index in [2.05, 4.69) is 38.5 Å². The predicted molar refractivity (Wildman–Crippen MR) is 69.8 cm³/mol. The monoisotopic (exact) mass is 403 g/mol. The van der Waals surface area contributed by atoms with Crippen LogP contribution >= 0.6 is 38.5 Å². The molecule has 0 radical (unpaired) electrons. The summed E-state index contributed by atoms with van der Waals surface area (Å²) < 4.78 is 25.8. The minimum absolute atomic E-state index is 0.398. The number of benzene rings is 1. The van der Waals surface area contributed by atoms with Crippen molar-refractivity contribution in [1.82, 2.24) is 4.90 Å². The van der Waals surface area contributed by atoms with Gasteiger partial charge in [0, 0.05) is 15.1 Å². The van der Waals surface area contributed by atoms with Gasteiger partial charge in [-0.25, -0.2) is 8.78 Å². The third-order valence-electron chi connectivity index (χ3n) is 1.92. The van der Waals surface area contributed by atoms with Gasteiger partial charge in [-0.15, -0.1) is 0 Å². The molecule has 0 unspecified atom stereocenters. The predicted octanol–water partition coefficient (Wildman–Crippen LogP) is 3.39. The highest BCUT2D eigenvalue weighted by molar-refractivity contribution is 14.1. The van der Waals surface area contributed by atoms with Crippen LogP contribution in [0.25, 0.3) is 0 Å². The van der Waals surface area contributed by atoms with Gasteiger partial charge in [0.15, 0.2) is 0 Å². The van der Waals surface area contributed by atoms with Crippen LogP contribution in [0.1, 0.15) is 10.4 Å². The number of alkyl halides is 2. The zero-order valence-corrected chi connectivity index (χ0v) is 12.1. The Bertz CT molecular complexity index is 400. The van der Waals surface area contributed by atoms with E-state index in [0.717, 1.165) is 8.47 Å². The molecule has 1 amide bonds. The summed E-state index contributed by atoms with van der Waals surface area (Å²) in [5.41, 5.74) is 0.398. The van der Waals surface area contributed by atoms with Gasteiger partial charge < -0.3 is 4.90 Å². The first-order chi connectivity index (χ1) is 7.41. The molecule has 0 aliphatic carbocycles. The van der Waals surface area contributed by atoms with Crippen molar-refractivity contribution in [3.63, 3.8) is 0 Å². The number of carbonyl (C=O) groups excluding carboxylic acids is 1. The summed E-state index contributed by atoms with van der Waals surface area (Å²) in [6.07, 6.45) is -2.52. The highest BCUT2D eigenvalue weighted by Gasteiger charge is 2.18. The average molecular weight is 404 g/mol. The van der Waals surface area contributed by atoms with Crippen molar-refractivity contribution in [3.8, 4) is 0 Å². The average Bonchev–Trinajstić information content (AvgIpc) is 2.19. The highest BCUT2D eigenvalue weighted by Crippen LogP contribution is 2.21. The van der Waals surface area contributed by atoms with Crippen molar-refractivity contribution in [2.45, 2.75) is 6.43 Å². The van der Waals surface area contributed by atoms with Gasteiger partial charge in [-0.2, -0.15) is 0 Å². The minimum Gasteiger partial charge on any atom is -0.336 e. The molecule has 16 heavy (non-hydrogen) atoms. The normalized spacial score (nSPS) is 10.6. The Balaban J connectivity index is 2.91. The molecule has 2 nitrogen and oxygen atoms in total. The Morgan fingerprint density at radius 3 is 2.75 bits per heavy atom. The van der Waals surface area contributed by atoms with Gasteiger partial charge in [-0.3, -0.25) is 4.79 Å². The van der Waals surface area contributed by atoms with Gasteiger partial charge in [-0.1, -0.05) is 0 Å². The van der Waals surface area contributed by atoms with Gasteiger partial charge in [0.2, 0.25) is 0 Å². The molecule has 0 N–H and O–H groups in total. The highest BCUT2D eigenvalue weighted by atomic mass is 127. The van der Waals surface area contributed by atoms with Crippen LogP contribution in [-0.2, 0) is 0 Å². The number of amides is 1. The molecule has 0 heterocycles. The molecule has 0 bridgehead atoms. The summed E-state index contributed by atoms with van der Waals surface area (Å²) in [6, 6.07) is 5.22. The van der Waals surface area contributed by atoms with E-state index >= 15 is 0 Å². The standard InChI is InChI=1S/C10H9BrF2INO/c1-15(5-9(12)13)10(16)7-4-6(14)2-3-8(7)11/h2-4,9H,5H2,1H3. The smallest absolute Gasteiger partial charge is 0.255 e. The van der Waals surface area contributed by atoms with Crippen LogP contribution in [0.5, 0.6) is 0 Å². The van der Waals surface area contributed by atoms with E-state index in [1.165, 1.54) is 7.05 Å². The molecule has 6 heteroatoms. The van der Waals surface area contributed by atoms with Gasteiger partial charge in [-0.05, 0) is 56.7 Å². The van der Waals surface area contributed by atoms with Gasteiger partial charge in [0.1, 0.15) is 0 Å². The van der Waals surface area contributed by atoms with Crippen molar-refractivity contribution < 1.29 is 13.6 Å². The molecule has 0 saturated heterocycles. The fraction of sp³-hybridized carbons (Fsp3) is 0.300. The number of nitrogens with zero attached hydrogens (tertiary/aromatic N) is 1. The van der Waals surface area contributed by atoms with Crippen LogP contribution in [0, 0.1) is 3.57 Å². The van der Waals surface area contributed by atoms with E-state index in [9.17, 15) is 13.6 Å². The van der Waals surface area contributed by atoms with E-state index in [0.29, 0.717) is 10.0 Å². The Morgan fingerprint density at radius 1 is 1.56 bits per heavy atom. The summed E-state index contributed by atoms with van der Waals surface area (Å²) in [5, 5.41) is 0. The molecular formula is C10H9BrF2INO. The number of hydrogen-bond acceptors (Lipinski definition) is 1. The summed E-state index contributed by atoms with van der Waals surface area (Å²) in [6.45, 7) is -0.559. The van der Waals surface area contributed by atoms with Crippen molar-refractivity contribution in [2.75, 3.05) is 13.6 Å². The third-order valence-corrected chi connectivity index (χ3v) is 3.28. The Hall–Kier alpha value is -0.240. The molecule has 1 aromatic carbocycles. The lowest BCUT2D eigenvalue weighted by molar-refractivity contribution is 0.0619. The Labute approximate surface area is 114 Å². The van der Waals surface area contributed by atoms with E-state index < -0.39 is 18.9 Å². The number of carbonyl (C=O) groups is 1. The fourth-order valence-electron chi connectivity index (χ4n) is 1.16. The molecular weight excluding hydrogens is 395 g/mol. The zero-order chi connectivity index (χ0) is 12.3. The quantitative estimate of drug-likeness (QED) is 0.708. The van der Waals surface area contributed by atoms with Gasteiger partial charge >= 0.3 is 0 Å². The van der Waals surface area contributed by atoms with Crippen LogP contribution < -0.4 is 0 Å². The van der Waals surface area contributed by atoms with Crippen molar-refractivity contribution >= 4 is 44.4 Å². The largest absolute Gasteiger partial charge is 0.336 e. The maximum Gasteiger partial charge on any atom is 0.255 e. The lowest BCUT2D eigenvalue weighted by Gasteiger charge is -2.17. The van der Waals surface area contributed by atoms with E-state index in [-0.39, 0.29) is 0 Å². The molecule has 0 fully saturated rings. The van der Waals surface area contributed by atoms with E-state index in [1.807, 2.05) is 6.07 Å². The third kappa shape index (κ3) is 3.65. The molecule has 0 spiro atoms. The second-order valence-electron chi connectivity index (χ2n) is 3.20. The summed E-state index contributed by atoms with van der Waals surface area (Å²) in [5.74, 6) is -0.411. The number of rotatable bonds is 3. The van der Waals surface area contributed by atoms with Crippen molar-refractivity contribution in [3.05, 3.63) is 31.8 Å². The topological polar surface area (TPSA) is 20.3 Å². The first-order valence-corrected chi connectivity index (χ1v) is 6.27. The van der Waals surface area contributed by atoms with Gasteiger partial charge in [0.05, 0.1) is 12.1 Å². The maximum absolute atomic E-state index is 12.1. The molecule has 0 aliphatic rings. The molecule has 1 rings (SSSR count). The lowest BCUT2D eigenvalue weighted by atomic mass is 10.2. The zero-order valence-electron chi connectivity index (χ0n) is 8.38. The summed E-state index contributed by atoms with van der Waals surface area (Å²) in [7, 11) is 1.36. The van der Waals surface area contributed by atoms with E-state index in [4.69, 9.17) is 0 Å². The second-order valence-corrected chi connectivity index (χ2v) is 5.30. The Morgan fingerprint density at radius 2 is 2.19 bits per heavy atom. The van der Waals surface area contributed by atoms with Crippen LogP contribution in [0.4, 0.5) is 8.78 Å². The van der Waals surface area contributed by atoms with Crippen LogP contribution in [0.15, 0.2) is 22.7 Å². The van der Waals surface area contributed by atoms with Crippen LogP contribution in [0.3, 0.4) is 0 Å². The molecule has 0 saturated carbocycles. The van der Waals surface area contributed by atoms with E-state index in [1.54, 1.807) is 12.1 Å². The summed E-state index contributed by atoms with van der Waals surface area (Å²) >= 11 is 5.29. The van der Waals surface area contributed by atoms with Gasteiger partial charge in [0.25, 0.3) is 12.3 Å². The second kappa shape index (κ2) is 5.90. The minimum atomic E-state index is -2.52. The first kappa shape index (κ1) is 13.8. The SMILES string of the molecule is CN(CC(F)F)C(=O)c1cc(I)ccc1Br. The number of hydrogen-bond donors (Lipinski definition) is 0. The molecule has 1 aromatic rings.